The van der Waals surface area contributed by atoms with E-state index in [2.05, 4.69) is 41.0 Å². The van der Waals surface area contributed by atoms with Gasteiger partial charge in [0.2, 0.25) is 0 Å². The maximum atomic E-state index is 5.96. The third-order valence-electron chi connectivity index (χ3n) is 3.80. The summed E-state index contributed by atoms with van der Waals surface area (Å²) in [6, 6.07) is 25.7. The molecule has 4 nitrogen and oxygen atoms in total. The molecule has 0 aliphatic carbocycles. The van der Waals surface area contributed by atoms with Crippen molar-refractivity contribution in [3.05, 3.63) is 95.6 Å². The molecule has 3 aromatic rings. The number of hydrazone groups is 1. The molecule has 0 atom stereocenters. The minimum absolute atomic E-state index is 0.426. The van der Waals surface area contributed by atoms with Crippen molar-refractivity contribution in [1.82, 2.24) is 5.43 Å². The van der Waals surface area contributed by atoms with Crippen molar-refractivity contribution < 1.29 is 4.74 Å². The summed E-state index contributed by atoms with van der Waals surface area (Å²) in [4.78, 5) is 0. The van der Waals surface area contributed by atoms with E-state index in [-0.39, 0.29) is 0 Å². The molecule has 0 aromatic heterocycles. The molecule has 0 bridgehead atoms. The molecule has 3 rings (SSSR count). The number of nitrogens with zero attached hydrogens (tertiary/aromatic N) is 1. The molecular weight excluding hydrogens is 354 g/mol. The van der Waals surface area contributed by atoms with Crippen molar-refractivity contribution in [2.75, 3.05) is 5.32 Å². The van der Waals surface area contributed by atoms with Crippen molar-refractivity contribution in [1.29, 1.82) is 0 Å². The monoisotopic (exact) mass is 375 g/mol. The molecule has 0 aliphatic rings. The SMILES string of the molecule is Cc1cccc(COc2ccccc2C=NNC(=S)Nc2ccccc2)c1. The number of para-hydroxylation sites is 2. The molecule has 5 heteroatoms. The smallest absolute Gasteiger partial charge is 0.191 e. The summed E-state index contributed by atoms with van der Waals surface area (Å²) in [7, 11) is 0. The van der Waals surface area contributed by atoms with Crippen LogP contribution in [0.5, 0.6) is 5.75 Å². The van der Waals surface area contributed by atoms with Gasteiger partial charge in [0.15, 0.2) is 5.11 Å². The van der Waals surface area contributed by atoms with Crippen LogP contribution in [0.1, 0.15) is 16.7 Å². The highest BCUT2D eigenvalue weighted by atomic mass is 32.1. The molecule has 0 heterocycles. The van der Waals surface area contributed by atoms with Gasteiger partial charge in [-0.1, -0.05) is 60.2 Å². The van der Waals surface area contributed by atoms with E-state index in [9.17, 15) is 0 Å². The van der Waals surface area contributed by atoms with Crippen LogP contribution in [0.15, 0.2) is 84.0 Å². The quantitative estimate of drug-likeness (QED) is 0.366. The van der Waals surface area contributed by atoms with Crippen molar-refractivity contribution in [2.24, 2.45) is 5.10 Å². The molecule has 0 spiro atoms. The minimum Gasteiger partial charge on any atom is -0.488 e. The molecule has 0 fully saturated rings. The van der Waals surface area contributed by atoms with Gasteiger partial charge in [0.25, 0.3) is 0 Å². The van der Waals surface area contributed by atoms with Crippen LogP contribution in [0.4, 0.5) is 5.69 Å². The third kappa shape index (κ3) is 5.94. The first kappa shape index (κ1) is 18.6. The first-order valence-electron chi connectivity index (χ1n) is 8.63. The second-order valence-corrected chi connectivity index (χ2v) is 6.41. The normalized spacial score (nSPS) is 10.6. The maximum Gasteiger partial charge on any atom is 0.191 e. The van der Waals surface area contributed by atoms with E-state index in [1.165, 1.54) is 5.56 Å². The van der Waals surface area contributed by atoms with Gasteiger partial charge >= 0.3 is 0 Å². The Hall–Kier alpha value is -3.18. The standard InChI is InChI=1S/C22H21N3OS/c1-17-8-7-9-18(14-17)16-26-21-13-6-5-10-19(21)15-23-25-22(27)24-20-11-3-2-4-12-20/h2-15H,16H2,1H3,(H2,24,25,27). The lowest BCUT2D eigenvalue weighted by Crippen LogP contribution is -2.23. The fraction of sp³-hybridized carbons (Fsp3) is 0.0909. The van der Waals surface area contributed by atoms with E-state index < -0.39 is 0 Å². The molecule has 0 unspecified atom stereocenters. The molecule has 136 valence electrons. The van der Waals surface area contributed by atoms with Gasteiger partial charge in [-0.3, -0.25) is 5.43 Å². The minimum atomic E-state index is 0.426. The van der Waals surface area contributed by atoms with E-state index in [0.29, 0.717) is 11.7 Å². The summed E-state index contributed by atoms with van der Waals surface area (Å²) < 4.78 is 5.96. The van der Waals surface area contributed by atoms with Gasteiger partial charge in [-0.25, -0.2) is 0 Å². The molecule has 0 saturated carbocycles. The van der Waals surface area contributed by atoms with Gasteiger partial charge < -0.3 is 10.1 Å². The van der Waals surface area contributed by atoms with Gasteiger partial charge in [-0.15, -0.1) is 0 Å². The van der Waals surface area contributed by atoms with Crippen LogP contribution < -0.4 is 15.5 Å². The Labute approximate surface area is 164 Å². The van der Waals surface area contributed by atoms with Crippen molar-refractivity contribution in [3.8, 4) is 5.75 Å². The zero-order valence-electron chi connectivity index (χ0n) is 15.1. The van der Waals surface area contributed by atoms with Gasteiger partial charge in [0.1, 0.15) is 12.4 Å². The van der Waals surface area contributed by atoms with E-state index in [0.717, 1.165) is 22.6 Å². The number of hydrogen-bond donors (Lipinski definition) is 2. The van der Waals surface area contributed by atoms with Crippen LogP contribution in [0.3, 0.4) is 0 Å². The Morgan fingerprint density at radius 1 is 1.00 bits per heavy atom. The number of rotatable bonds is 6. The highest BCUT2D eigenvalue weighted by Gasteiger charge is 2.02. The molecular formula is C22H21N3OS. The van der Waals surface area contributed by atoms with E-state index >= 15 is 0 Å². The van der Waals surface area contributed by atoms with Crippen LogP contribution in [0.2, 0.25) is 0 Å². The van der Waals surface area contributed by atoms with Gasteiger partial charge in [-0.2, -0.15) is 5.10 Å². The predicted molar refractivity (Wildman–Crippen MR) is 115 cm³/mol. The highest BCUT2D eigenvalue weighted by molar-refractivity contribution is 7.80. The molecule has 2 N–H and O–H groups in total. The average Bonchev–Trinajstić information content (AvgIpc) is 2.68. The lowest BCUT2D eigenvalue weighted by atomic mass is 10.1. The van der Waals surface area contributed by atoms with Gasteiger partial charge in [0, 0.05) is 11.3 Å². The number of thiocarbonyl (C=S) groups is 1. The molecule has 0 radical (unpaired) electrons. The maximum absolute atomic E-state index is 5.96. The summed E-state index contributed by atoms with van der Waals surface area (Å²) in [6.07, 6.45) is 1.70. The van der Waals surface area contributed by atoms with Crippen molar-refractivity contribution >= 4 is 29.2 Å². The molecule has 0 saturated heterocycles. The second-order valence-electron chi connectivity index (χ2n) is 6.01. The topological polar surface area (TPSA) is 45.6 Å². The van der Waals surface area contributed by atoms with Crippen LogP contribution in [0.25, 0.3) is 0 Å². The van der Waals surface area contributed by atoms with Gasteiger partial charge in [-0.05, 0) is 49.0 Å². The highest BCUT2D eigenvalue weighted by Crippen LogP contribution is 2.18. The zero-order valence-corrected chi connectivity index (χ0v) is 15.9. The lowest BCUT2D eigenvalue weighted by molar-refractivity contribution is 0.305. The Morgan fingerprint density at radius 2 is 1.78 bits per heavy atom. The number of ether oxygens (including phenoxy) is 1. The Kier molecular flexibility index (Phi) is 6.55. The van der Waals surface area contributed by atoms with Crippen LogP contribution in [-0.4, -0.2) is 11.3 Å². The Balaban J connectivity index is 1.58. The average molecular weight is 375 g/mol. The Bertz CT molecular complexity index is 926. The molecule has 3 aromatic carbocycles. The predicted octanol–water partition coefficient (Wildman–Crippen LogP) is 4.89. The summed E-state index contributed by atoms with van der Waals surface area (Å²) in [5, 5.41) is 7.71. The van der Waals surface area contributed by atoms with E-state index in [1.807, 2.05) is 60.7 Å². The van der Waals surface area contributed by atoms with Crippen LogP contribution >= 0.6 is 12.2 Å². The summed E-state index contributed by atoms with van der Waals surface area (Å²) in [6.45, 7) is 2.58. The number of nitrogens with one attached hydrogen (secondary N) is 2. The fourth-order valence-electron chi connectivity index (χ4n) is 2.52. The Morgan fingerprint density at radius 3 is 2.59 bits per heavy atom. The summed E-state index contributed by atoms with van der Waals surface area (Å²) >= 11 is 5.24. The van der Waals surface area contributed by atoms with Crippen LogP contribution in [-0.2, 0) is 6.61 Å². The molecule has 27 heavy (non-hydrogen) atoms. The lowest BCUT2D eigenvalue weighted by Gasteiger charge is -2.10. The van der Waals surface area contributed by atoms with E-state index in [4.69, 9.17) is 17.0 Å². The third-order valence-corrected chi connectivity index (χ3v) is 3.99. The number of hydrogen-bond acceptors (Lipinski definition) is 3. The largest absolute Gasteiger partial charge is 0.488 e. The van der Waals surface area contributed by atoms with E-state index in [1.54, 1.807) is 6.21 Å². The molecule has 0 aliphatic heterocycles. The van der Waals surface area contributed by atoms with Crippen molar-refractivity contribution in [3.63, 3.8) is 0 Å². The second kappa shape index (κ2) is 9.50. The zero-order chi connectivity index (χ0) is 18.9. The van der Waals surface area contributed by atoms with Crippen LogP contribution in [0, 0.1) is 6.92 Å². The number of anilines is 1. The van der Waals surface area contributed by atoms with Gasteiger partial charge in [0.05, 0.1) is 6.21 Å². The first-order chi connectivity index (χ1) is 13.2. The summed E-state index contributed by atoms with van der Waals surface area (Å²) in [5.74, 6) is 0.770. The first-order valence-corrected chi connectivity index (χ1v) is 9.04. The fourth-order valence-corrected chi connectivity index (χ4v) is 2.69. The molecule has 0 amide bonds. The van der Waals surface area contributed by atoms with Crippen molar-refractivity contribution in [2.45, 2.75) is 13.5 Å². The number of benzene rings is 3. The summed E-state index contributed by atoms with van der Waals surface area (Å²) in [5.41, 5.74) is 6.96. The number of aryl methyl sites for hydroxylation is 1.